The van der Waals surface area contributed by atoms with E-state index in [1.165, 1.54) is 6.08 Å². The van der Waals surface area contributed by atoms with Crippen molar-refractivity contribution in [2.45, 2.75) is 13.5 Å². The number of anilines is 1. The van der Waals surface area contributed by atoms with E-state index in [1.54, 1.807) is 24.3 Å². The van der Waals surface area contributed by atoms with Crippen LogP contribution in [0.5, 0.6) is 11.5 Å². The molecule has 3 aromatic carbocycles. The molecule has 0 bridgehead atoms. The molecular weight excluding hydrogens is 503 g/mol. The average Bonchev–Trinajstić information content (AvgIpc) is 2.79. The van der Waals surface area contributed by atoms with Crippen LogP contribution in [0.4, 0.5) is 5.69 Å². The first kappa shape index (κ1) is 22.4. The van der Waals surface area contributed by atoms with Crippen LogP contribution in [0.2, 0.25) is 0 Å². The summed E-state index contributed by atoms with van der Waals surface area (Å²) in [5.41, 5.74) is 2.38. The fourth-order valence-corrected chi connectivity index (χ4v) is 3.33. The molecule has 6 heteroatoms. The van der Waals surface area contributed by atoms with E-state index in [2.05, 4.69) is 27.9 Å². The Balaban J connectivity index is 1.79. The molecule has 0 aromatic heterocycles. The number of rotatable bonds is 8. The van der Waals surface area contributed by atoms with Crippen LogP contribution in [0.15, 0.2) is 78.4 Å². The van der Waals surface area contributed by atoms with Crippen LogP contribution in [0.1, 0.15) is 18.1 Å². The van der Waals surface area contributed by atoms with Gasteiger partial charge in [-0.05, 0) is 71.0 Å². The van der Waals surface area contributed by atoms with Crippen molar-refractivity contribution in [3.8, 4) is 17.6 Å². The van der Waals surface area contributed by atoms with Gasteiger partial charge >= 0.3 is 0 Å². The minimum atomic E-state index is -0.464. The van der Waals surface area contributed by atoms with Crippen LogP contribution >= 0.6 is 22.6 Å². The Kier molecular flexibility index (Phi) is 8.07. The summed E-state index contributed by atoms with van der Waals surface area (Å²) in [4.78, 5) is 12.6. The second-order valence-electron chi connectivity index (χ2n) is 6.52. The highest BCUT2D eigenvalue weighted by Crippen LogP contribution is 2.30. The Bertz CT molecular complexity index is 1120. The Morgan fingerprint density at radius 2 is 1.77 bits per heavy atom. The molecule has 0 unspecified atom stereocenters. The zero-order chi connectivity index (χ0) is 22.1. The van der Waals surface area contributed by atoms with Gasteiger partial charge in [-0.2, -0.15) is 5.26 Å². The molecule has 31 heavy (non-hydrogen) atoms. The van der Waals surface area contributed by atoms with Crippen LogP contribution in [0.3, 0.4) is 0 Å². The standard InChI is InChI=1S/C25H21IN2O3/c1-2-30-24-15-19(12-13-23(24)31-17-18-8-4-3-5-9-18)14-20(16-27)25(29)28-22-11-7-6-10-21(22)26/h3-15H,2,17H2,1H3,(H,28,29)/b20-14-. The number of para-hydroxylation sites is 1. The molecule has 3 aromatic rings. The van der Waals surface area contributed by atoms with Gasteiger partial charge in [-0.3, -0.25) is 4.79 Å². The molecular formula is C25H21IN2O3. The number of halogens is 1. The maximum atomic E-state index is 12.6. The summed E-state index contributed by atoms with van der Waals surface area (Å²) in [5, 5.41) is 12.3. The van der Waals surface area contributed by atoms with Gasteiger partial charge in [-0.1, -0.05) is 48.5 Å². The Morgan fingerprint density at radius 1 is 1.03 bits per heavy atom. The van der Waals surface area contributed by atoms with Crippen molar-refractivity contribution in [1.29, 1.82) is 5.26 Å². The van der Waals surface area contributed by atoms with Gasteiger partial charge in [0.2, 0.25) is 0 Å². The molecule has 5 nitrogen and oxygen atoms in total. The van der Waals surface area contributed by atoms with Gasteiger partial charge in [0.1, 0.15) is 18.2 Å². The molecule has 0 saturated carbocycles. The highest BCUT2D eigenvalue weighted by Gasteiger charge is 2.12. The lowest BCUT2D eigenvalue weighted by atomic mass is 10.1. The second kappa shape index (κ2) is 11.2. The van der Waals surface area contributed by atoms with E-state index >= 15 is 0 Å². The van der Waals surface area contributed by atoms with Crippen molar-refractivity contribution in [2.75, 3.05) is 11.9 Å². The van der Waals surface area contributed by atoms with Crippen molar-refractivity contribution < 1.29 is 14.3 Å². The zero-order valence-electron chi connectivity index (χ0n) is 17.0. The van der Waals surface area contributed by atoms with Crippen molar-refractivity contribution in [1.82, 2.24) is 0 Å². The van der Waals surface area contributed by atoms with E-state index < -0.39 is 5.91 Å². The lowest BCUT2D eigenvalue weighted by molar-refractivity contribution is -0.112. The molecule has 0 spiro atoms. The first-order valence-corrected chi connectivity index (χ1v) is 10.8. The molecule has 1 N–H and O–H groups in total. The highest BCUT2D eigenvalue weighted by atomic mass is 127. The summed E-state index contributed by atoms with van der Waals surface area (Å²) in [6.07, 6.45) is 1.54. The van der Waals surface area contributed by atoms with E-state index in [0.717, 1.165) is 9.13 Å². The van der Waals surface area contributed by atoms with Crippen molar-refractivity contribution in [2.24, 2.45) is 0 Å². The molecule has 0 fully saturated rings. The topological polar surface area (TPSA) is 71.3 Å². The highest BCUT2D eigenvalue weighted by molar-refractivity contribution is 14.1. The molecule has 0 atom stereocenters. The summed E-state index contributed by atoms with van der Waals surface area (Å²) < 4.78 is 12.5. The smallest absolute Gasteiger partial charge is 0.266 e. The van der Waals surface area contributed by atoms with E-state index in [-0.39, 0.29) is 5.57 Å². The summed E-state index contributed by atoms with van der Waals surface area (Å²) in [6, 6.07) is 24.6. The summed E-state index contributed by atoms with van der Waals surface area (Å²) >= 11 is 2.13. The predicted molar refractivity (Wildman–Crippen MR) is 130 cm³/mol. The Labute approximate surface area is 195 Å². The molecule has 156 valence electrons. The Hall–Kier alpha value is -3.31. The average molecular weight is 524 g/mol. The predicted octanol–water partition coefficient (Wildman–Crippen LogP) is 5.81. The van der Waals surface area contributed by atoms with E-state index in [9.17, 15) is 10.1 Å². The van der Waals surface area contributed by atoms with Gasteiger partial charge in [-0.25, -0.2) is 0 Å². The number of nitriles is 1. The monoisotopic (exact) mass is 524 g/mol. The molecule has 3 rings (SSSR count). The van der Waals surface area contributed by atoms with E-state index in [0.29, 0.717) is 36.0 Å². The molecule has 0 aliphatic heterocycles. The first-order chi connectivity index (χ1) is 15.1. The maximum absolute atomic E-state index is 12.6. The molecule has 0 aliphatic rings. The normalized spacial score (nSPS) is 10.8. The molecule has 0 radical (unpaired) electrons. The first-order valence-electron chi connectivity index (χ1n) is 9.72. The van der Waals surface area contributed by atoms with Gasteiger partial charge in [-0.15, -0.1) is 0 Å². The zero-order valence-corrected chi connectivity index (χ0v) is 19.1. The summed E-state index contributed by atoms with van der Waals surface area (Å²) in [5.74, 6) is 0.695. The van der Waals surface area contributed by atoms with E-state index in [1.807, 2.05) is 61.5 Å². The molecule has 1 amide bonds. The number of carbonyl (C=O) groups excluding carboxylic acids is 1. The van der Waals surface area contributed by atoms with Crippen LogP contribution in [-0.2, 0) is 11.4 Å². The molecule has 0 aliphatic carbocycles. The number of hydrogen-bond acceptors (Lipinski definition) is 4. The quantitative estimate of drug-likeness (QED) is 0.229. The minimum absolute atomic E-state index is 0.0000513. The number of nitrogens with one attached hydrogen (secondary N) is 1. The van der Waals surface area contributed by atoms with Crippen molar-refractivity contribution in [3.63, 3.8) is 0 Å². The van der Waals surface area contributed by atoms with Crippen LogP contribution < -0.4 is 14.8 Å². The number of ether oxygens (including phenoxy) is 2. The third-order valence-corrected chi connectivity index (χ3v) is 5.24. The van der Waals surface area contributed by atoms with Crippen LogP contribution in [0, 0.1) is 14.9 Å². The molecule has 0 saturated heterocycles. The van der Waals surface area contributed by atoms with Gasteiger partial charge in [0.25, 0.3) is 5.91 Å². The third kappa shape index (κ3) is 6.33. The maximum Gasteiger partial charge on any atom is 0.266 e. The number of amides is 1. The largest absolute Gasteiger partial charge is 0.490 e. The fourth-order valence-electron chi connectivity index (χ4n) is 2.80. The lowest BCUT2D eigenvalue weighted by Gasteiger charge is -2.13. The third-order valence-electron chi connectivity index (χ3n) is 4.30. The Morgan fingerprint density at radius 3 is 2.48 bits per heavy atom. The number of carbonyl (C=O) groups is 1. The van der Waals surface area contributed by atoms with E-state index in [4.69, 9.17) is 9.47 Å². The van der Waals surface area contributed by atoms with Gasteiger partial charge in [0.15, 0.2) is 11.5 Å². The SMILES string of the molecule is CCOc1cc(/C=C(/C#N)C(=O)Nc2ccccc2I)ccc1OCc1ccccc1. The lowest BCUT2D eigenvalue weighted by Crippen LogP contribution is -2.14. The number of benzene rings is 3. The van der Waals surface area contributed by atoms with Crippen molar-refractivity contribution in [3.05, 3.63) is 93.1 Å². The van der Waals surface area contributed by atoms with Gasteiger partial charge in [0.05, 0.1) is 12.3 Å². The van der Waals surface area contributed by atoms with Crippen LogP contribution in [0.25, 0.3) is 6.08 Å². The second-order valence-corrected chi connectivity index (χ2v) is 7.68. The molecule has 0 heterocycles. The number of nitrogens with zero attached hydrogens (tertiary/aromatic N) is 1. The summed E-state index contributed by atoms with van der Waals surface area (Å²) in [7, 11) is 0. The van der Waals surface area contributed by atoms with Crippen molar-refractivity contribution >= 4 is 40.3 Å². The van der Waals surface area contributed by atoms with Gasteiger partial charge in [0, 0.05) is 3.57 Å². The van der Waals surface area contributed by atoms with Gasteiger partial charge < -0.3 is 14.8 Å². The van der Waals surface area contributed by atoms with Crippen LogP contribution in [-0.4, -0.2) is 12.5 Å². The summed E-state index contributed by atoms with van der Waals surface area (Å²) in [6.45, 7) is 2.77. The fraction of sp³-hybridized carbons (Fsp3) is 0.120. The number of hydrogen-bond donors (Lipinski definition) is 1. The minimum Gasteiger partial charge on any atom is -0.490 e.